The van der Waals surface area contributed by atoms with E-state index in [0.29, 0.717) is 18.5 Å². The lowest BCUT2D eigenvalue weighted by Crippen LogP contribution is -2.04. The molecule has 0 aliphatic rings. The molecule has 1 heterocycles. The highest BCUT2D eigenvalue weighted by Gasteiger charge is 2.04. The van der Waals surface area contributed by atoms with Crippen LogP contribution < -0.4 is 9.47 Å². The van der Waals surface area contributed by atoms with Crippen LogP contribution in [0.2, 0.25) is 0 Å². The average molecular weight is 439 g/mol. The molecule has 0 radical (unpaired) electrons. The van der Waals surface area contributed by atoms with Crippen LogP contribution in [0.15, 0.2) is 48.3 Å². The first-order chi connectivity index (χ1) is 15.6. The molecule has 4 nitrogen and oxygen atoms in total. The van der Waals surface area contributed by atoms with E-state index in [2.05, 4.69) is 55.9 Å². The molecule has 0 spiro atoms. The highest BCUT2D eigenvalue weighted by molar-refractivity contribution is 5.62. The van der Waals surface area contributed by atoms with Crippen LogP contribution in [0.5, 0.6) is 11.8 Å². The fourth-order valence-electron chi connectivity index (χ4n) is 3.51. The summed E-state index contributed by atoms with van der Waals surface area (Å²) < 4.78 is 11.6. The Morgan fingerprint density at radius 2 is 1.53 bits per heavy atom. The summed E-state index contributed by atoms with van der Waals surface area (Å²) in [5.41, 5.74) is 3.46. The molecule has 2 rings (SSSR count). The summed E-state index contributed by atoms with van der Waals surface area (Å²) in [6.07, 6.45) is 16.9. The first-order valence-corrected chi connectivity index (χ1v) is 12.4. The number of aromatic nitrogens is 2. The SMILES string of the molecule is CCCCCCCCOc1ncc(-c2ccc(OCC[C@H](C)CCC=C(C)C)cc2)cn1. The third-order valence-corrected chi connectivity index (χ3v) is 5.64. The van der Waals surface area contributed by atoms with E-state index >= 15 is 0 Å². The number of unbranched alkanes of at least 4 members (excludes halogenated alkanes) is 5. The van der Waals surface area contributed by atoms with Crippen molar-refractivity contribution in [2.24, 2.45) is 5.92 Å². The minimum absolute atomic E-state index is 0.459. The number of benzene rings is 1. The molecule has 0 saturated carbocycles. The van der Waals surface area contributed by atoms with Gasteiger partial charge in [-0.2, -0.15) is 0 Å². The van der Waals surface area contributed by atoms with E-state index in [0.717, 1.165) is 42.7 Å². The molecule has 0 aliphatic heterocycles. The van der Waals surface area contributed by atoms with Crippen molar-refractivity contribution in [2.45, 2.75) is 85.5 Å². The van der Waals surface area contributed by atoms with Crippen molar-refractivity contribution >= 4 is 0 Å². The Labute approximate surface area is 195 Å². The molecule has 0 amide bonds. The minimum Gasteiger partial charge on any atom is -0.494 e. The summed E-state index contributed by atoms with van der Waals surface area (Å²) in [5, 5.41) is 0. The number of hydrogen-bond donors (Lipinski definition) is 0. The van der Waals surface area contributed by atoms with Crippen molar-refractivity contribution in [3.8, 4) is 22.9 Å². The van der Waals surface area contributed by atoms with Crippen molar-refractivity contribution in [3.05, 3.63) is 48.3 Å². The Bertz CT molecular complexity index is 765. The van der Waals surface area contributed by atoms with Gasteiger partial charge in [-0.25, -0.2) is 9.97 Å². The highest BCUT2D eigenvalue weighted by atomic mass is 16.5. The zero-order valence-electron chi connectivity index (χ0n) is 20.6. The van der Waals surface area contributed by atoms with Gasteiger partial charge in [0.2, 0.25) is 0 Å². The molecule has 1 aromatic heterocycles. The first-order valence-electron chi connectivity index (χ1n) is 12.4. The number of nitrogens with zero attached hydrogens (tertiary/aromatic N) is 2. The second kappa shape index (κ2) is 15.4. The zero-order valence-corrected chi connectivity index (χ0v) is 20.6. The van der Waals surface area contributed by atoms with Gasteiger partial charge in [-0.15, -0.1) is 0 Å². The molecule has 0 N–H and O–H groups in total. The lowest BCUT2D eigenvalue weighted by molar-refractivity contribution is 0.279. The zero-order chi connectivity index (χ0) is 23.0. The maximum atomic E-state index is 5.93. The second-order valence-electron chi connectivity index (χ2n) is 9.00. The lowest BCUT2D eigenvalue weighted by Gasteiger charge is -2.12. The van der Waals surface area contributed by atoms with Crippen LogP contribution in [0, 0.1) is 5.92 Å². The van der Waals surface area contributed by atoms with E-state index in [4.69, 9.17) is 9.47 Å². The number of rotatable bonds is 16. The Balaban J connectivity index is 1.69. The van der Waals surface area contributed by atoms with Crippen molar-refractivity contribution < 1.29 is 9.47 Å². The third kappa shape index (κ3) is 10.8. The van der Waals surface area contributed by atoms with Gasteiger partial charge < -0.3 is 9.47 Å². The van der Waals surface area contributed by atoms with Crippen LogP contribution in [0.4, 0.5) is 0 Å². The molecule has 0 saturated heterocycles. The fraction of sp³-hybridized carbons (Fsp3) is 0.571. The summed E-state index contributed by atoms with van der Waals surface area (Å²) in [4.78, 5) is 8.72. The summed E-state index contributed by atoms with van der Waals surface area (Å²) in [7, 11) is 0. The first kappa shape index (κ1) is 25.9. The summed E-state index contributed by atoms with van der Waals surface area (Å²) in [5.74, 6) is 1.58. The number of hydrogen-bond acceptors (Lipinski definition) is 4. The molecule has 1 aromatic carbocycles. The van der Waals surface area contributed by atoms with Gasteiger partial charge in [0.1, 0.15) is 5.75 Å². The smallest absolute Gasteiger partial charge is 0.316 e. The predicted molar refractivity (Wildman–Crippen MR) is 134 cm³/mol. The molecule has 2 aromatic rings. The van der Waals surface area contributed by atoms with Crippen LogP contribution >= 0.6 is 0 Å². The van der Waals surface area contributed by atoms with E-state index in [9.17, 15) is 0 Å². The molecule has 0 bridgehead atoms. The average Bonchev–Trinajstić information content (AvgIpc) is 2.79. The maximum Gasteiger partial charge on any atom is 0.316 e. The topological polar surface area (TPSA) is 44.2 Å². The largest absolute Gasteiger partial charge is 0.494 e. The summed E-state index contributed by atoms with van der Waals surface area (Å²) in [6, 6.07) is 8.62. The van der Waals surface area contributed by atoms with Crippen LogP contribution in [0.3, 0.4) is 0 Å². The highest BCUT2D eigenvalue weighted by Crippen LogP contribution is 2.22. The fourth-order valence-corrected chi connectivity index (χ4v) is 3.51. The molecule has 4 heteroatoms. The minimum atomic E-state index is 0.459. The van der Waals surface area contributed by atoms with Gasteiger partial charge in [0.05, 0.1) is 13.2 Å². The number of allylic oxidation sites excluding steroid dienone is 2. The van der Waals surface area contributed by atoms with Gasteiger partial charge in [-0.05, 0) is 63.1 Å². The lowest BCUT2D eigenvalue weighted by atomic mass is 10.0. The molecule has 1 atom stereocenters. The van der Waals surface area contributed by atoms with E-state index in [1.807, 2.05) is 24.5 Å². The molecule has 0 unspecified atom stereocenters. The number of ether oxygens (including phenoxy) is 2. The molecule has 176 valence electrons. The van der Waals surface area contributed by atoms with Crippen molar-refractivity contribution in [2.75, 3.05) is 13.2 Å². The van der Waals surface area contributed by atoms with Gasteiger partial charge >= 0.3 is 6.01 Å². The molecular weight excluding hydrogens is 396 g/mol. The molecule has 32 heavy (non-hydrogen) atoms. The monoisotopic (exact) mass is 438 g/mol. The predicted octanol–water partition coefficient (Wildman–Crippen LogP) is 8.03. The maximum absolute atomic E-state index is 5.93. The third-order valence-electron chi connectivity index (χ3n) is 5.64. The van der Waals surface area contributed by atoms with E-state index in [1.54, 1.807) is 0 Å². The summed E-state index contributed by atoms with van der Waals surface area (Å²) >= 11 is 0. The Morgan fingerprint density at radius 3 is 2.22 bits per heavy atom. The van der Waals surface area contributed by atoms with Gasteiger partial charge in [-0.3, -0.25) is 0 Å². The van der Waals surface area contributed by atoms with Gasteiger partial charge in [-0.1, -0.05) is 69.7 Å². The van der Waals surface area contributed by atoms with Gasteiger partial charge in [0, 0.05) is 18.0 Å². The van der Waals surface area contributed by atoms with Gasteiger partial charge in [0.15, 0.2) is 0 Å². The van der Waals surface area contributed by atoms with E-state index in [1.165, 1.54) is 44.1 Å². The van der Waals surface area contributed by atoms with Crippen molar-refractivity contribution in [3.63, 3.8) is 0 Å². The Hall–Kier alpha value is -2.36. The van der Waals surface area contributed by atoms with Crippen molar-refractivity contribution in [1.82, 2.24) is 9.97 Å². The standard InChI is InChI=1S/C28H42N2O2/c1-5-6-7-8-9-10-19-32-28-29-21-26(22-30-28)25-14-16-27(17-15-25)31-20-18-24(4)13-11-12-23(2)3/h12,14-17,21-22,24H,5-11,13,18-20H2,1-4H3/t24-/m1/s1. The van der Waals surface area contributed by atoms with Crippen molar-refractivity contribution in [1.29, 1.82) is 0 Å². The van der Waals surface area contributed by atoms with E-state index < -0.39 is 0 Å². The van der Waals surface area contributed by atoms with Gasteiger partial charge in [0.25, 0.3) is 0 Å². The normalized spacial score (nSPS) is 11.8. The second-order valence-corrected chi connectivity index (χ2v) is 9.00. The van der Waals surface area contributed by atoms with Crippen LogP contribution in [-0.4, -0.2) is 23.2 Å². The molecular formula is C28H42N2O2. The van der Waals surface area contributed by atoms with Crippen LogP contribution in [0.25, 0.3) is 11.1 Å². The molecule has 0 aliphatic carbocycles. The Kier molecular flexibility index (Phi) is 12.5. The quantitative estimate of drug-likeness (QED) is 0.196. The van der Waals surface area contributed by atoms with Crippen LogP contribution in [0.1, 0.15) is 85.5 Å². The summed E-state index contributed by atoms with van der Waals surface area (Å²) in [6.45, 7) is 10.3. The molecule has 0 fully saturated rings. The van der Waals surface area contributed by atoms with Crippen LogP contribution in [-0.2, 0) is 0 Å². The Morgan fingerprint density at radius 1 is 0.844 bits per heavy atom. The van der Waals surface area contributed by atoms with E-state index in [-0.39, 0.29) is 0 Å².